The minimum absolute atomic E-state index is 0.422. The lowest BCUT2D eigenvalue weighted by atomic mass is 10.1. The van der Waals surface area contributed by atoms with E-state index < -0.39 is 0 Å². The molecule has 0 aliphatic rings. The number of aryl methyl sites for hydroxylation is 1. The molecule has 1 aromatic heterocycles. The van der Waals surface area contributed by atoms with Crippen LogP contribution in [0.5, 0.6) is 0 Å². The van der Waals surface area contributed by atoms with E-state index in [9.17, 15) is 0 Å². The van der Waals surface area contributed by atoms with Crippen molar-refractivity contribution >= 4 is 11.8 Å². The average molecular weight is 238 g/mol. The summed E-state index contributed by atoms with van der Waals surface area (Å²) < 4.78 is 0. The van der Waals surface area contributed by atoms with E-state index in [-0.39, 0.29) is 0 Å². The van der Waals surface area contributed by atoms with Gasteiger partial charge in [-0.3, -0.25) is 4.98 Å². The van der Waals surface area contributed by atoms with Crippen LogP contribution in [0.15, 0.2) is 18.5 Å². The summed E-state index contributed by atoms with van der Waals surface area (Å²) in [4.78, 5) is 4.23. The molecule has 0 aliphatic carbocycles. The van der Waals surface area contributed by atoms with E-state index in [1.54, 1.807) is 0 Å². The lowest BCUT2D eigenvalue weighted by Crippen LogP contribution is -2.24. The highest BCUT2D eigenvalue weighted by molar-refractivity contribution is 7.99. The monoisotopic (exact) mass is 238 g/mol. The molecule has 1 atom stereocenters. The highest BCUT2D eigenvalue weighted by Crippen LogP contribution is 2.22. The highest BCUT2D eigenvalue weighted by Gasteiger charge is 2.13. The Balaban J connectivity index is 2.73. The predicted molar refractivity (Wildman–Crippen MR) is 73.0 cm³/mol. The zero-order valence-electron chi connectivity index (χ0n) is 10.7. The first-order chi connectivity index (χ1) is 7.65. The number of nitrogens with zero attached hydrogens (tertiary/aromatic N) is 1. The molecule has 0 saturated heterocycles. The van der Waals surface area contributed by atoms with Crippen LogP contribution in [0.1, 0.15) is 37.9 Å². The molecule has 1 N–H and O–H groups in total. The molecule has 0 bridgehead atoms. The van der Waals surface area contributed by atoms with E-state index in [2.05, 4.69) is 44.1 Å². The maximum Gasteiger partial charge on any atom is 0.0429 e. The number of rotatable bonds is 6. The molecule has 0 spiro atoms. The molecule has 1 rings (SSSR count). The van der Waals surface area contributed by atoms with Gasteiger partial charge in [0.25, 0.3) is 0 Å². The molecule has 0 radical (unpaired) electrons. The number of hydrogen-bond acceptors (Lipinski definition) is 3. The third kappa shape index (κ3) is 4.14. The van der Waals surface area contributed by atoms with Gasteiger partial charge < -0.3 is 5.32 Å². The second-order valence-corrected chi connectivity index (χ2v) is 5.83. The maximum atomic E-state index is 4.23. The molecule has 0 saturated carbocycles. The van der Waals surface area contributed by atoms with Gasteiger partial charge in [0.15, 0.2) is 0 Å². The van der Waals surface area contributed by atoms with E-state index in [1.165, 1.54) is 11.1 Å². The summed E-state index contributed by atoms with van der Waals surface area (Å²) in [5.74, 6) is 1.11. The Kier molecular flexibility index (Phi) is 5.85. The number of thioether (sulfide) groups is 1. The average Bonchev–Trinajstić information content (AvgIpc) is 2.25. The Hall–Kier alpha value is -0.540. The first-order valence-corrected chi connectivity index (χ1v) is 6.95. The van der Waals surface area contributed by atoms with Crippen LogP contribution in [-0.4, -0.2) is 22.5 Å². The van der Waals surface area contributed by atoms with Crippen molar-refractivity contribution in [2.75, 3.05) is 12.3 Å². The Morgan fingerprint density at radius 3 is 2.75 bits per heavy atom. The molecule has 16 heavy (non-hydrogen) atoms. The zero-order valence-corrected chi connectivity index (χ0v) is 11.5. The smallest absolute Gasteiger partial charge is 0.0429 e. The summed E-state index contributed by atoms with van der Waals surface area (Å²) in [6.07, 6.45) is 3.85. The van der Waals surface area contributed by atoms with Gasteiger partial charge in [-0.2, -0.15) is 11.8 Å². The fraction of sp³-hybridized carbons (Fsp3) is 0.615. The maximum absolute atomic E-state index is 4.23. The van der Waals surface area contributed by atoms with Crippen molar-refractivity contribution in [3.8, 4) is 0 Å². The lowest BCUT2D eigenvalue weighted by molar-refractivity contribution is 0.600. The van der Waals surface area contributed by atoms with Crippen molar-refractivity contribution in [1.82, 2.24) is 10.3 Å². The molecule has 3 heteroatoms. The van der Waals surface area contributed by atoms with E-state index in [4.69, 9.17) is 0 Å². The minimum atomic E-state index is 0.422. The quantitative estimate of drug-likeness (QED) is 0.824. The van der Waals surface area contributed by atoms with Crippen LogP contribution < -0.4 is 5.32 Å². The molecule has 2 nitrogen and oxygen atoms in total. The summed E-state index contributed by atoms with van der Waals surface area (Å²) in [6.45, 7) is 9.78. The summed E-state index contributed by atoms with van der Waals surface area (Å²) in [5.41, 5.74) is 2.66. The normalized spacial score (nSPS) is 13.1. The van der Waals surface area contributed by atoms with Crippen LogP contribution in [0, 0.1) is 6.92 Å². The summed E-state index contributed by atoms with van der Waals surface area (Å²) in [6, 6.07) is 2.51. The Bertz CT molecular complexity index is 313. The Labute approximate surface area is 103 Å². The van der Waals surface area contributed by atoms with Crippen molar-refractivity contribution < 1.29 is 0 Å². The second-order valence-electron chi connectivity index (χ2n) is 4.22. The van der Waals surface area contributed by atoms with Crippen LogP contribution >= 0.6 is 11.8 Å². The van der Waals surface area contributed by atoms with Crippen LogP contribution in [0.2, 0.25) is 0 Å². The summed E-state index contributed by atoms with van der Waals surface area (Å²) in [5, 5.41) is 4.21. The van der Waals surface area contributed by atoms with Crippen molar-refractivity contribution in [2.45, 2.75) is 39.0 Å². The van der Waals surface area contributed by atoms with Crippen LogP contribution in [0.3, 0.4) is 0 Å². The number of nitrogens with one attached hydrogen (secondary N) is 1. The summed E-state index contributed by atoms with van der Waals surface area (Å²) in [7, 11) is 0. The predicted octanol–water partition coefficient (Wildman–Crippen LogP) is 3.18. The first-order valence-electron chi connectivity index (χ1n) is 5.90. The van der Waals surface area contributed by atoms with Gasteiger partial charge in [0.1, 0.15) is 0 Å². The van der Waals surface area contributed by atoms with Crippen LogP contribution in [0.25, 0.3) is 0 Å². The zero-order chi connectivity index (χ0) is 12.0. The molecule has 1 unspecified atom stereocenters. The number of aromatic nitrogens is 1. The standard InChI is InChI=1S/C13H22N2S/c1-5-15-13(9-16-10(2)3)12-8-14-7-6-11(12)4/h6-8,10,13,15H,5,9H2,1-4H3. The van der Waals surface area contributed by atoms with Gasteiger partial charge in [-0.25, -0.2) is 0 Å². The third-order valence-electron chi connectivity index (χ3n) is 2.50. The van der Waals surface area contributed by atoms with Gasteiger partial charge in [-0.05, 0) is 35.9 Å². The van der Waals surface area contributed by atoms with Crippen molar-refractivity contribution in [2.24, 2.45) is 0 Å². The van der Waals surface area contributed by atoms with Crippen LogP contribution in [-0.2, 0) is 0 Å². The van der Waals surface area contributed by atoms with E-state index in [0.717, 1.165) is 12.3 Å². The molecule has 1 aromatic rings. The van der Waals surface area contributed by atoms with Gasteiger partial charge in [0, 0.05) is 24.2 Å². The molecule has 0 aliphatic heterocycles. The van der Waals surface area contributed by atoms with E-state index in [0.29, 0.717) is 11.3 Å². The molecule has 0 amide bonds. The van der Waals surface area contributed by atoms with E-state index >= 15 is 0 Å². The molecule has 1 heterocycles. The van der Waals surface area contributed by atoms with Crippen LogP contribution in [0.4, 0.5) is 0 Å². The minimum Gasteiger partial charge on any atom is -0.309 e. The third-order valence-corrected chi connectivity index (χ3v) is 3.69. The SMILES string of the molecule is CCNC(CSC(C)C)c1cnccc1C. The second kappa shape index (κ2) is 6.92. The molecule has 0 fully saturated rings. The van der Waals surface area contributed by atoms with Crippen molar-refractivity contribution in [3.05, 3.63) is 29.6 Å². The topological polar surface area (TPSA) is 24.9 Å². The largest absolute Gasteiger partial charge is 0.309 e. The number of hydrogen-bond donors (Lipinski definition) is 1. The van der Waals surface area contributed by atoms with Gasteiger partial charge in [0.2, 0.25) is 0 Å². The highest BCUT2D eigenvalue weighted by atomic mass is 32.2. The van der Waals surface area contributed by atoms with Gasteiger partial charge >= 0.3 is 0 Å². The fourth-order valence-corrected chi connectivity index (χ4v) is 2.51. The molecule has 0 aromatic carbocycles. The first kappa shape index (κ1) is 13.5. The van der Waals surface area contributed by atoms with Crippen molar-refractivity contribution in [1.29, 1.82) is 0 Å². The van der Waals surface area contributed by atoms with E-state index in [1.807, 2.05) is 24.2 Å². The lowest BCUT2D eigenvalue weighted by Gasteiger charge is -2.20. The summed E-state index contributed by atoms with van der Waals surface area (Å²) >= 11 is 1.99. The Morgan fingerprint density at radius 1 is 1.44 bits per heavy atom. The molecule has 90 valence electrons. The van der Waals surface area contributed by atoms with Gasteiger partial charge in [0.05, 0.1) is 0 Å². The van der Waals surface area contributed by atoms with Gasteiger partial charge in [-0.1, -0.05) is 20.8 Å². The van der Waals surface area contributed by atoms with Gasteiger partial charge in [-0.15, -0.1) is 0 Å². The fourth-order valence-electron chi connectivity index (χ4n) is 1.63. The molecular formula is C13H22N2S. The van der Waals surface area contributed by atoms with Crippen molar-refractivity contribution in [3.63, 3.8) is 0 Å². The molecular weight excluding hydrogens is 216 g/mol. The number of pyridine rings is 1. The Morgan fingerprint density at radius 2 is 2.19 bits per heavy atom.